The van der Waals surface area contributed by atoms with Gasteiger partial charge in [-0.05, 0) is 42.2 Å². The van der Waals surface area contributed by atoms with Gasteiger partial charge < -0.3 is 0 Å². The van der Waals surface area contributed by atoms with Gasteiger partial charge in [0.1, 0.15) is 5.57 Å². The van der Waals surface area contributed by atoms with Gasteiger partial charge in [0.2, 0.25) is 0 Å². The summed E-state index contributed by atoms with van der Waals surface area (Å²) in [6, 6.07) is 14.6. The third-order valence-corrected chi connectivity index (χ3v) is 5.53. The second kappa shape index (κ2) is 9.53. The highest BCUT2D eigenvalue weighted by molar-refractivity contribution is 7.98. The number of rotatable bonds is 4. The summed E-state index contributed by atoms with van der Waals surface area (Å²) >= 11 is 1.31. The van der Waals surface area contributed by atoms with E-state index in [1.165, 1.54) is 30.1 Å². The van der Waals surface area contributed by atoms with Crippen LogP contribution in [-0.4, -0.2) is 32.9 Å². The molecule has 0 aliphatic carbocycles. The van der Waals surface area contributed by atoms with E-state index in [0.29, 0.717) is 16.4 Å². The lowest BCUT2D eigenvalue weighted by atomic mass is 10.00. The van der Waals surface area contributed by atoms with Gasteiger partial charge in [-0.15, -0.1) is 0 Å². The van der Waals surface area contributed by atoms with Crippen LogP contribution in [0.25, 0.3) is 5.57 Å². The molecule has 0 unspecified atom stereocenters. The summed E-state index contributed by atoms with van der Waals surface area (Å²) in [6.07, 6.45) is -1.20. The minimum absolute atomic E-state index is 0.0405. The van der Waals surface area contributed by atoms with Gasteiger partial charge in [-0.1, -0.05) is 53.9 Å². The first-order valence-electron chi connectivity index (χ1n) is 9.99. The number of hydrogen-bond acceptors (Lipinski definition) is 5. The average molecular weight is 479 g/mol. The Kier molecular flexibility index (Phi) is 6.52. The Labute approximate surface area is 197 Å². The predicted molar refractivity (Wildman–Crippen MR) is 121 cm³/mol. The maximum atomic E-state index is 13.3. The maximum Gasteiger partial charge on any atom is 0.416 e. The quantitative estimate of drug-likeness (QED) is 0.237. The molecule has 170 valence electrons. The number of hydrogen-bond donors (Lipinski definition) is 0. The van der Waals surface area contributed by atoms with E-state index < -0.39 is 23.6 Å². The van der Waals surface area contributed by atoms with Gasteiger partial charge in [-0.2, -0.15) is 13.2 Å². The van der Waals surface area contributed by atoms with Crippen LogP contribution in [0.5, 0.6) is 0 Å². The molecule has 1 aliphatic rings. The Morgan fingerprint density at radius 3 is 2.29 bits per heavy atom. The molecule has 9 heteroatoms. The van der Waals surface area contributed by atoms with Gasteiger partial charge in [-0.3, -0.25) is 14.5 Å². The molecule has 0 fully saturated rings. The number of benzene rings is 2. The molecule has 2 aromatic carbocycles. The molecule has 0 radical (unpaired) electrons. The van der Waals surface area contributed by atoms with Crippen molar-refractivity contribution < 1.29 is 22.8 Å². The van der Waals surface area contributed by atoms with Crippen LogP contribution in [0.4, 0.5) is 13.2 Å². The number of alkyl halides is 3. The van der Waals surface area contributed by atoms with Crippen LogP contribution >= 0.6 is 11.8 Å². The molecular weight excluding hydrogens is 463 g/mol. The minimum atomic E-state index is -4.52. The largest absolute Gasteiger partial charge is 0.416 e. The number of nitrogens with zero attached hydrogens (tertiary/aromatic N) is 3. The fourth-order valence-corrected chi connectivity index (χ4v) is 3.68. The van der Waals surface area contributed by atoms with Crippen molar-refractivity contribution in [1.29, 1.82) is 0 Å². The maximum absolute atomic E-state index is 13.3. The lowest BCUT2D eigenvalue weighted by Crippen LogP contribution is -2.31. The van der Waals surface area contributed by atoms with Gasteiger partial charge in [0.05, 0.1) is 23.4 Å². The molecule has 34 heavy (non-hydrogen) atoms. The fraction of sp³-hybridized carbons (Fsp3) is 0.120. The van der Waals surface area contributed by atoms with Crippen LogP contribution in [0.2, 0.25) is 0 Å². The molecule has 0 N–H and O–H groups in total. The van der Waals surface area contributed by atoms with Crippen molar-refractivity contribution in [3.8, 4) is 11.8 Å². The molecule has 4 rings (SSSR count). The molecule has 0 bridgehead atoms. The van der Waals surface area contributed by atoms with E-state index in [2.05, 4.69) is 21.8 Å². The Morgan fingerprint density at radius 2 is 1.65 bits per heavy atom. The number of imide groups is 1. The van der Waals surface area contributed by atoms with E-state index in [1.807, 2.05) is 6.07 Å². The van der Waals surface area contributed by atoms with Crippen LogP contribution in [-0.2, 0) is 22.3 Å². The number of halogens is 3. The summed E-state index contributed by atoms with van der Waals surface area (Å²) in [4.78, 5) is 35.9. The normalized spacial score (nSPS) is 13.8. The molecule has 0 saturated heterocycles. The SMILES string of the molecule is CSc1nccc(CN2C(=O)C(C#Cc3ccccc3)=C(c3ccc(C(F)(F)F)cc3)C2=O)n1. The van der Waals surface area contributed by atoms with Crippen molar-refractivity contribution in [2.45, 2.75) is 17.9 Å². The average Bonchev–Trinajstić information content (AvgIpc) is 3.07. The molecule has 2 heterocycles. The summed E-state index contributed by atoms with van der Waals surface area (Å²) in [6.45, 7) is -0.117. The molecule has 3 aromatic rings. The molecular formula is C25H16F3N3O2S. The van der Waals surface area contributed by atoms with Crippen LogP contribution in [0.15, 0.2) is 77.6 Å². The zero-order valence-corrected chi connectivity index (χ0v) is 18.6. The Bertz CT molecular complexity index is 1340. The van der Waals surface area contributed by atoms with Gasteiger partial charge in [0.15, 0.2) is 5.16 Å². The number of amides is 2. The lowest BCUT2D eigenvalue weighted by molar-refractivity contribution is -0.138. The second-order valence-electron chi connectivity index (χ2n) is 7.17. The zero-order valence-electron chi connectivity index (χ0n) is 17.8. The molecule has 1 aromatic heterocycles. The predicted octanol–water partition coefficient (Wildman–Crippen LogP) is 4.59. The number of carbonyl (C=O) groups is 2. The fourth-order valence-electron chi connectivity index (χ4n) is 3.31. The standard InChI is InChI=1S/C25H16F3N3O2S/c1-34-24-29-14-13-19(30-24)15-31-22(32)20(12-7-16-5-3-2-4-6-16)21(23(31)33)17-8-10-18(11-9-17)25(26,27)28/h2-6,8-11,13-14H,15H2,1H3. The van der Waals surface area contributed by atoms with E-state index in [1.54, 1.807) is 36.6 Å². The molecule has 0 spiro atoms. The van der Waals surface area contributed by atoms with E-state index in [-0.39, 0.29) is 23.3 Å². The number of thioether (sulfide) groups is 1. The van der Waals surface area contributed by atoms with E-state index in [9.17, 15) is 22.8 Å². The van der Waals surface area contributed by atoms with Crippen molar-refractivity contribution in [3.63, 3.8) is 0 Å². The summed E-state index contributed by atoms with van der Waals surface area (Å²) in [5, 5.41) is 0.483. The molecule has 1 aliphatic heterocycles. The summed E-state index contributed by atoms with van der Waals surface area (Å²) < 4.78 is 39.0. The van der Waals surface area contributed by atoms with Gasteiger partial charge in [0.25, 0.3) is 11.8 Å². The third-order valence-electron chi connectivity index (χ3n) is 4.97. The first kappa shape index (κ1) is 23.3. The number of aromatic nitrogens is 2. The molecule has 0 atom stereocenters. The zero-order chi connectivity index (χ0) is 24.3. The van der Waals surface area contributed by atoms with Crippen molar-refractivity contribution in [2.75, 3.05) is 6.26 Å². The van der Waals surface area contributed by atoms with Crippen LogP contribution in [0, 0.1) is 11.8 Å². The first-order valence-corrected chi connectivity index (χ1v) is 11.2. The molecule has 5 nitrogen and oxygen atoms in total. The molecule has 2 amide bonds. The van der Waals surface area contributed by atoms with Gasteiger partial charge >= 0.3 is 6.18 Å². The number of carbonyl (C=O) groups excluding carboxylic acids is 2. The third kappa shape index (κ3) is 4.87. The summed E-state index contributed by atoms with van der Waals surface area (Å²) in [5.41, 5.74) is 0.284. The first-order chi connectivity index (χ1) is 16.3. The molecule has 0 saturated carbocycles. The van der Waals surface area contributed by atoms with Crippen molar-refractivity contribution in [3.05, 3.63) is 94.8 Å². The van der Waals surface area contributed by atoms with E-state index in [4.69, 9.17) is 0 Å². The highest BCUT2D eigenvalue weighted by Gasteiger charge is 2.39. The summed E-state index contributed by atoms with van der Waals surface area (Å²) in [7, 11) is 0. The Morgan fingerprint density at radius 1 is 0.941 bits per heavy atom. The lowest BCUT2D eigenvalue weighted by Gasteiger charge is -2.14. The van der Waals surface area contributed by atoms with Crippen molar-refractivity contribution in [2.24, 2.45) is 0 Å². The van der Waals surface area contributed by atoms with Crippen LogP contribution in [0.1, 0.15) is 22.4 Å². The van der Waals surface area contributed by atoms with Gasteiger partial charge in [0, 0.05) is 11.8 Å². The highest BCUT2D eigenvalue weighted by atomic mass is 32.2. The highest BCUT2D eigenvalue weighted by Crippen LogP contribution is 2.34. The smallest absolute Gasteiger partial charge is 0.269 e. The Balaban J connectivity index is 1.75. The monoisotopic (exact) mass is 479 g/mol. The van der Waals surface area contributed by atoms with E-state index in [0.717, 1.165) is 17.0 Å². The topological polar surface area (TPSA) is 63.2 Å². The van der Waals surface area contributed by atoms with Crippen LogP contribution in [0.3, 0.4) is 0 Å². The van der Waals surface area contributed by atoms with E-state index >= 15 is 0 Å². The van der Waals surface area contributed by atoms with Crippen molar-refractivity contribution in [1.82, 2.24) is 14.9 Å². The van der Waals surface area contributed by atoms with Crippen LogP contribution < -0.4 is 0 Å². The van der Waals surface area contributed by atoms with Gasteiger partial charge in [-0.25, -0.2) is 9.97 Å². The minimum Gasteiger partial charge on any atom is -0.269 e. The summed E-state index contributed by atoms with van der Waals surface area (Å²) in [5.74, 6) is 4.35. The van der Waals surface area contributed by atoms with Crippen molar-refractivity contribution >= 4 is 29.1 Å². The second-order valence-corrected chi connectivity index (χ2v) is 7.95. The Hall–Kier alpha value is -3.90.